The van der Waals surface area contributed by atoms with E-state index in [0.29, 0.717) is 0 Å². The van der Waals surface area contributed by atoms with Crippen molar-refractivity contribution in [1.82, 2.24) is 5.32 Å². The highest BCUT2D eigenvalue weighted by Crippen LogP contribution is 2.31. The van der Waals surface area contributed by atoms with Gasteiger partial charge in [-0.1, -0.05) is 12.1 Å². The van der Waals surface area contributed by atoms with Crippen LogP contribution >= 0.6 is 22.6 Å². The lowest BCUT2D eigenvalue weighted by Crippen LogP contribution is -2.51. The van der Waals surface area contributed by atoms with Gasteiger partial charge in [0, 0.05) is 9.11 Å². The van der Waals surface area contributed by atoms with E-state index in [2.05, 4.69) is 34.8 Å². The summed E-state index contributed by atoms with van der Waals surface area (Å²) in [4.78, 5) is 12.2. The van der Waals surface area contributed by atoms with Gasteiger partial charge in [-0.05, 0) is 67.3 Å². The number of hydrogen-bond donors (Lipinski definition) is 1. The van der Waals surface area contributed by atoms with Crippen LogP contribution in [-0.4, -0.2) is 11.4 Å². The van der Waals surface area contributed by atoms with Crippen LogP contribution in [-0.2, 0) is 0 Å². The predicted octanol–water partition coefficient (Wildman–Crippen LogP) is 3.27. The van der Waals surface area contributed by atoms with Gasteiger partial charge in [0.05, 0.1) is 5.56 Å². The second kappa shape index (κ2) is 4.35. The van der Waals surface area contributed by atoms with E-state index in [0.717, 1.165) is 27.5 Å². The number of rotatable bonds is 2. The van der Waals surface area contributed by atoms with E-state index >= 15 is 0 Å². The SMILES string of the molecule is Cc1cccc(I)c1C(=O)NC1(C)CCC1. The Morgan fingerprint density at radius 3 is 2.62 bits per heavy atom. The maximum absolute atomic E-state index is 12.2. The van der Waals surface area contributed by atoms with E-state index in [9.17, 15) is 4.79 Å². The van der Waals surface area contributed by atoms with Crippen molar-refractivity contribution in [3.05, 3.63) is 32.9 Å². The summed E-state index contributed by atoms with van der Waals surface area (Å²) < 4.78 is 1.03. The molecule has 1 saturated carbocycles. The molecule has 0 unspecified atom stereocenters. The van der Waals surface area contributed by atoms with Gasteiger partial charge < -0.3 is 5.32 Å². The topological polar surface area (TPSA) is 29.1 Å². The molecule has 0 atom stereocenters. The lowest BCUT2D eigenvalue weighted by atomic mass is 9.78. The van der Waals surface area contributed by atoms with Crippen LogP contribution in [0.15, 0.2) is 18.2 Å². The van der Waals surface area contributed by atoms with Crippen LogP contribution in [0.1, 0.15) is 42.1 Å². The van der Waals surface area contributed by atoms with Crippen molar-refractivity contribution >= 4 is 28.5 Å². The first-order chi connectivity index (χ1) is 7.52. The van der Waals surface area contributed by atoms with Crippen molar-refractivity contribution in [2.24, 2.45) is 0 Å². The van der Waals surface area contributed by atoms with Crippen molar-refractivity contribution in [1.29, 1.82) is 0 Å². The van der Waals surface area contributed by atoms with Gasteiger partial charge in [0.1, 0.15) is 0 Å². The van der Waals surface area contributed by atoms with Crippen molar-refractivity contribution in [3.63, 3.8) is 0 Å². The third-order valence-corrected chi connectivity index (χ3v) is 4.22. The van der Waals surface area contributed by atoms with Crippen LogP contribution in [0.5, 0.6) is 0 Å². The van der Waals surface area contributed by atoms with E-state index < -0.39 is 0 Å². The predicted molar refractivity (Wildman–Crippen MR) is 73.6 cm³/mol. The Morgan fingerprint density at radius 2 is 2.12 bits per heavy atom. The number of amides is 1. The first-order valence-corrected chi connectivity index (χ1v) is 6.67. The Kier molecular flexibility index (Phi) is 3.24. The minimum atomic E-state index is 0.0302. The van der Waals surface area contributed by atoms with Crippen LogP contribution in [0.4, 0.5) is 0 Å². The summed E-state index contributed by atoms with van der Waals surface area (Å²) in [5.74, 6) is 0.0738. The fourth-order valence-corrected chi connectivity index (χ4v) is 2.97. The quantitative estimate of drug-likeness (QED) is 0.829. The summed E-state index contributed by atoms with van der Waals surface area (Å²) in [5.41, 5.74) is 1.91. The van der Waals surface area contributed by atoms with Gasteiger partial charge in [0.15, 0.2) is 0 Å². The highest BCUT2D eigenvalue weighted by Gasteiger charge is 2.33. The van der Waals surface area contributed by atoms with E-state index in [4.69, 9.17) is 0 Å². The smallest absolute Gasteiger partial charge is 0.253 e. The molecule has 0 spiro atoms. The molecule has 0 aromatic heterocycles. The molecule has 0 radical (unpaired) electrons. The standard InChI is InChI=1S/C13H16INO/c1-9-5-3-6-10(14)11(9)12(16)15-13(2)7-4-8-13/h3,5-6H,4,7-8H2,1-2H3,(H,15,16). The zero-order chi connectivity index (χ0) is 11.8. The Balaban J connectivity index is 2.20. The van der Waals surface area contributed by atoms with Gasteiger partial charge in [-0.15, -0.1) is 0 Å². The fourth-order valence-electron chi connectivity index (χ4n) is 2.09. The maximum Gasteiger partial charge on any atom is 0.253 e. The highest BCUT2D eigenvalue weighted by atomic mass is 127. The van der Waals surface area contributed by atoms with Crippen LogP contribution < -0.4 is 5.32 Å². The molecule has 86 valence electrons. The molecule has 1 aliphatic carbocycles. The van der Waals surface area contributed by atoms with Gasteiger partial charge in [-0.3, -0.25) is 4.79 Å². The molecule has 0 saturated heterocycles. The van der Waals surface area contributed by atoms with Gasteiger partial charge >= 0.3 is 0 Å². The molecule has 0 aliphatic heterocycles. The molecule has 3 heteroatoms. The van der Waals surface area contributed by atoms with Crippen molar-refractivity contribution < 1.29 is 4.79 Å². The number of carbonyl (C=O) groups is 1. The van der Waals surface area contributed by atoms with E-state index in [1.165, 1.54) is 6.42 Å². The van der Waals surface area contributed by atoms with Crippen LogP contribution in [0.3, 0.4) is 0 Å². The van der Waals surface area contributed by atoms with Crippen molar-refractivity contribution in [2.45, 2.75) is 38.6 Å². The average molecular weight is 329 g/mol. The molecule has 2 rings (SSSR count). The van der Waals surface area contributed by atoms with Crippen molar-refractivity contribution in [3.8, 4) is 0 Å². The first-order valence-electron chi connectivity index (χ1n) is 5.59. The summed E-state index contributed by atoms with van der Waals surface area (Å²) in [6.07, 6.45) is 3.42. The monoisotopic (exact) mass is 329 g/mol. The van der Waals surface area contributed by atoms with Gasteiger partial charge in [-0.2, -0.15) is 0 Å². The average Bonchev–Trinajstić information content (AvgIpc) is 2.15. The first kappa shape index (κ1) is 11.9. The minimum Gasteiger partial charge on any atom is -0.347 e. The van der Waals surface area contributed by atoms with Crippen LogP contribution in [0.2, 0.25) is 0 Å². The second-order valence-corrected chi connectivity index (χ2v) is 5.96. The maximum atomic E-state index is 12.2. The minimum absolute atomic E-state index is 0.0302. The number of nitrogens with one attached hydrogen (secondary N) is 1. The second-order valence-electron chi connectivity index (χ2n) is 4.80. The van der Waals surface area contributed by atoms with Crippen LogP contribution in [0.25, 0.3) is 0 Å². The molecule has 1 fully saturated rings. The third-order valence-electron chi connectivity index (χ3n) is 3.32. The molecular weight excluding hydrogens is 313 g/mol. The molecule has 1 aromatic carbocycles. The Hall–Kier alpha value is -0.580. The lowest BCUT2D eigenvalue weighted by Gasteiger charge is -2.39. The fraction of sp³-hybridized carbons (Fsp3) is 0.462. The molecule has 1 aromatic rings. The zero-order valence-corrected chi connectivity index (χ0v) is 11.8. The molecule has 1 aliphatic rings. The van der Waals surface area contributed by atoms with Gasteiger partial charge in [-0.25, -0.2) is 0 Å². The molecular formula is C13H16INO. The summed E-state index contributed by atoms with van der Waals surface area (Å²) >= 11 is 2.22. The highest BCUT2D eigenvalue weighted by molar-refractivity contribution is 14.1. The van der Waals surface area contributed by atoms with Crippen molar-refractivity contribution in [2.75, 3.05) is 0 Å². The molecule has 1 amide bonds. The normalized spacial score (nSPS) is 17.7. The molecule has 1 N–H and O–H groups in total. The number of carbonyl (C=O) groups excluding carboxylic acids is 1. The van der Waals surface area contributed by atoms with Crippen LogP contribution in [0, 0.1) is 10.5 Å². The van der Waals surface area contributed by atoms with Gasteiger partial charge in [0.25, 0.3) is 5.91 Å². The molecule has 0 heterocycles. The number of aryl methyl sites for hydroxylation is 1. The molecule has 16 heavy (non-hydrogen) atoms. The summed E-state index contributed by atoms with van der Waals surface area (Å²) in [7, 11) is 0. The summed E-state index contributed by atoms with van der Waals surface area (Å²) in [6.45, 7) is 4.11. The summed E-state index contributed by atoms with van der Waals surface area (Å²) in [6, 6.07) is 5.95. The van der Waals surface area contributed by atoms with E-state index in [1.54, 1.807) is 0 Å². The number of benzene rings is 1. The van der Waals surface area contributed by atoms with E-state index in [-0.39, 0.29) is 11.4 Å². The third kappa shape index (κ3) is 2.24. The lowest BCUT2D eigenvalue weighted by molar-refractivity contribution is 0.0849. The number of hydrogen-bond acceptors (Lipinski definition) is 1. The summed E-state index contributed by atoms with van der Waals surface area (Å²) in [5, 5.41) is 3.15. The Bertz CT molecular complexity index is 404. The van der Waals surface area contributed by atoms with E-state index in [1.807, 2.05) is 25.1 Å². The van der Waals surface area contributed by atoms with Gasteiger partial charge in [0.2, 0.25) is 0 Å². The largest absolute Gasteiger partial charge is 0.347 e. The number of halogens is 1. The zero-order valence-electron chi connectivity index (χ0n) is 9.64. The Labute approximate surface area is 110 Å². The Morgan fingerprint density at radius 1 is 1.44 bits per heavy atom. The molecule has 0 bridgehead atoms. The molecule has 2 nitrogen and oxygen atoms in total.